The van der Waals surface area contributed by atoms with Crippen molar-refractivity contribution in [1.82, 2.24) is 10.4 Å². The summed E-state index contributed by atoms with van der Waals surface area (Å²) in [7, 11) is 1.45. The monoisotopic (exact) mass is 262 g/mol. The molecule has 7 N–H and O–H groups in total. The molecule has 106 valence electrons. The molecule has 8 heteroatoms. The number of carbonyl (C=O) groups is 2. The highest BCUT2D eigenvalue weighted by molar-refractivity contribution is 5.76. The molecule has 0 aliphatic rings. The van der Waals surface area contributed by atoms with Crippen LogP contribution in [0.25, 0.3) is 0 Å². The maximum Gasteiger partial charge on any atom is 0.319 e. The van der Waals surface area contributed by atoms with E-state index in [0.717, 1.165) is 5.01 Å². The average molecular weight is 262 g/mol. The van der Waals surface area contributed by atoms with Gasteiger partial charge in [0, 0.05) is 19.5 Å². The predicted molar refractivity (Wildman–Crippen MR) is 65.3 cm³/mol. The van der Waals surface area contributed by atoms with Crippen LogP contribution in [0, 0.1) is 0 Å². The molecule has 0 aliphatic carbocycles. The second-order valence-corrected chi connectivity index (χ2v) is 4.22. The molecule has 0 radical (unpaired) electrons. The number of nitrogens with zero attached hydrogens (tertiary/aromatic N) is 1. The van der Waals surface area contributed by atoms with Crippen molar-refractivity contribution in [3.63, 3.8) is 0 Å². The van der Waals surface area contributed by atoms with Gasteiger partial charge in [0.2, 0.25) is 5.91 Å². The van der Waals surface area contributed by atoms with Gasteiger partial charge in [-0.05, 0) is 19.4 Å². The SMILES string of the molecule is CN(CC(=O)O)NC(=O)C[C@H](N)C[C@H](O)CCN. The summed E-state index contributed by atoms with van der Waals surface area (Å²) in [5.41, 5.74) is 13.3. The molecule has 0 aromatic heterocycles. The molecular weight excluding hydrogens is 240 g/mol. The van der Waals surface area contributed by atoms with E-state index < -0.39 is 18.1 Å². The van der Waals surface area contributed by atoms with Crippen LogP contribution in [0.4, 0.5) is 0 Å². The summed E-state index contributed by atoms with van der Waals surface area (Å²) in [6.07, 6.45) is 0.127. The predicted octanol–water partition coefficient (Wildman–Crippen LogP) is -2.15. The van der Waals surface area contributed by atoms with Gasteiger partial charge in [0.1, 0.15) is 6.54 Å². The summed E-state index contributed by atoms with van der Waals surface area (Å²) in [6, 6.07) is -0.482. The summed E-state index contributed by atoms with van der Waals surface area (Å²) in [5, 5.41) is 19.1. The van der Waals surface area contributed by atoms with Crippen LogP contribution < -0.4 is 16.9 Å². The van der Waals surface area contributed by atoms with Crippen LogP contribution in [-0.2, 0) is 9.59 Å². The van der Waals surface area contributed by atoms with Gasteiger partial charge in [0.05, 0.1) is 6.10 Å². The largest absolute Gasteiger partial charge is 0.480 e. The number of rotatable bonds is 9. The fourth-order valence-corrected chi connectivity index (χ4v) is 1.48. The Morgan fingerprint density at radius 1 is 1.44 bits per heavy atom. The van der Waals surface area contributed by atoms with E-state index in [-0.39, 0.29) is 25.3 Å². The van der Waals surface area contributed by atoms with Crippen molar-refractivity contribution >= 4 is 11.9 Å². The number of aliphatic hydroxyl groups is 1. The molecule has 0 bridgehead atoms. The van der Waals surface area contributed by atoms with Gasteiger partial charge in [0.15, 0.2) is 0 Å². The summed E-state index contributed by atoms with van der Waals surface area (Å²) in [5.74, 6) is -1.42. The molecule has 0 saturated carbocycles. The number of carboxylic acids is 1. The van der Waals surface area contributed by atoms with Crippen molar-refractivity contribution in [2.75, 3.05) is 20.1 Å². The lowest BCUT2D eigenvalue weighted by Crippen LogP contribution is -2.44. The zero-order valence-electron chi connectivity index (χ0n) is 10.5. The van der Waals surface area contributed by atoms with E-state index >= 15 is 0 Å². The van der Waals surface area contributed by atoms with Crippen LogP contribution >= 0.6 is 0 Å². The number of likely N-dealkylation sites (N-methyl/N-ethyl adjacent to an activating group) is 1. The number of nitrogens with one attached hydrogen (secondary N) is 1. The van der Waals surface area contributed by atoms with Crippen LogP contribution in [0.1, 0.15) is 19.3 Å². The minimum atomic E-state index is -1.04. The first kappa shape index (κ1) is 16.8. The molecule has 18 heavy (non-hydrogen) atoms. The fourth-order valence-electron chi connectivity index (χ4n) is 1.48. The molecule has 0 saturated heterocycles. The lowest BCUT2D eigenvalue weighted by molar-refractivity contribution is -0.139. The molecule has 0 aromatic rings. The van der Waals surface area contributed by atoms with Crippen LogP contribution in [0.3, 0.4) is 0 Å². The lowest BCUT2D eigenvalue weighted by atomic mass is 10.0. The molecular formula is C10H22N4O4. The van der Waals surface area contributed by atoms with E-state index in [2.05, 4.69) is 5.43 Å². The van der Waals surface area contributed by atoms with Gasteiger partial charge >= 0.3 is 5.97 Å². The Labute approximate surface area is 106 Å². The standard InChI is InChI=1S/C10H22N4O4/c1-14(6-10(17)18)13-9(16)5-7(12)4-8(15)2-3-11/h7-8,15H,2-6,11-12H2,1H3,(H,13,16)(H,17,18)/t7-,8-/m1/s1. The number of hydrazine groups is 1. The van der Waals surface area contributed by atoms with Crippen LogP contribution in [0.15, 0.2) is 0 Å². The van der Waals surface area contributed by atoms with Crippen molar-refractivity contribution in [1.29, 1.82) is 0 Å². The summed E-state index contributed by atoms with van der Waals surface area (Å²) in [4.78, 5) is 21.8. The molecule has 0 rings (SSSR count). The number of carboxylic acid groups (broad SMARTS) is 1. The first-order valence-corrected chi connectivity index (χ1v) is 5.71. The first-order valence-electron chi connectivity index (χ1n) is 5.71. The van der Waals surface area contributed by atoms with Crippen LogP contribution in [0.5, 0.6) is 0 Å². The maximum atomic E-state index is 11.5. The van der Waals surface area contributed by atoms with Crippen molar-refractivity contribution in [3.8, 4) is 0 Å². The lowest BCUT2D eigenvalue weighted by Gasteiger charge is -2.19. The molecule has 0 heterocycles. The van der Waals surface area contributed by atoms with Crippen molar-refractivity contribution in [2.24, 2.45) is 11.5 Å². The molecule has 8 nitrogen and oxygen atoms in total. The number of carbonyl (C=O) groups excluding carboxylic acids is 1. The molecule has 0 fully saturated rings. The van der Waals surface area contributed by atoms with E-state index in [1.165, 1.54) is 7.05 Å². The van der Waals surface area contributed by atoms with Crippen LogP contribution in [0.2, 0.25) is 0 Å². The highest BCUT2D eigenvalue weighted by Gasteiger charge is 2.15. The zero-order chi connectivity index (χ0) is 14.1. The van der Waals surface area contributed by atoms with E-state index in [1.807, 2.05) is 0 Å². The summed E-state index contributed by atoms with van der Waals surface area (Å²) in [6.45, 7) is 0.0677. The molecule has 2 atom stereocenters. The van der Waals surface area contributed by atoms with Gasteiger partial charge in [-0.3, -0.25) is 15.0 Å². The summed E-state index contributed by atoms with van der Waals surface area (Å²) >= 11 is 0. The summed E-state index contributed by atoms with van der Waals surface area (Å²) < 4.78 is 0. The Hall–Kier alpha value is -1.22. The third-order valence-electron chi connectivity index (χ3n) is 2.21. The van der Waals surface area contributed by atoms with Crippen LogP contribution in [-0.4, -0.2) is 59.4 Å². The molecule has 0 spiro atoms. The number of nitrogens with two attached hydrogens (primary N) is 2. The minimum Gasteiger partial charge on any atom is -0.480 e. The van der Waals surface area contributed by atoms with E-state index in [1.54, 1.807) is 0 Å². The quantitative estimate of drug-likeness (QED) is 0.298. The number of aliphatic carboxylic acids is 1. The molecule has 1 amide bonds. The normalized spacial score (nSPS) is 14.3. The number of hydrogen-bond donors (Lipinski definition) is 5. The van der Waals surface area contributed by atoms with Crippen molar-refractivity contribution < 1.29 is 19.8 Å². The Kier molecular flexibility index (Phi) is 8.21. The van der Waals surface area contributed by atoms with E-state index in [0.29, 0.717) is 13.0 Å². The number of amides is 1. The Morgan fingerprint density at radius 2 is 2.06 bits per heavy atom. The Morgan fingerprint density at radius 3 is 2.56 bits per heavy atom. The van der Waals surface area contributed by atoms with Crippen molar-refractivity contribution in [2.45, 2.75) is 31.4 Å². The zero-order valence-corrected chi connectivity index (χ0v) is 10.5. The topological polar surface area (TPSA) is 142 Å². The van der Waals surface area contributed by atoms with Crippen molar-refractivity contribution in [3.05, 3.63) is 0 Å². The van der Waals surface area contributed by atoms with Gasteiger partial charge in [-0.25, -0.2) is 5.01 Å². The first-order chi connectivity index (χ1) is 8.35. The van der Waals surface area contributed by atoms with Gasteiger partial charge in [-0.15, -0.1) is 0 Å². The Bertz CT molecular complexity index is 275. The van der Waals surface area contributed by atoms with E-state index in [9.17, 15) is 14.7 Å². The van der Waals surface area contributed by atoms with Gasteiger partial charge < -0.3 is 21.7 Å². The van der Waals surface area contributed by atoms with E-state index in [4.69, 9.17) is 16.6 Å². The second kappa shape index (κ2) is 8.81. The molecule has 0 aliphatic heterocycles. The average Bonchev–Trinajstić information content (AvgIpc) is 2.14. The fraction of sp³-hybridized carbons (Fsp3) is 0.800. The highest BCUT2D eigenvalue weighted by atomic mass is 16.4. The molecule has 0 unspecified atom stereocenters. The third-order valence-corrected chi connectivity index (χ3v) is 2.21. The number of hydrogen-bond acceptors (Lipinski definition) is 6. The van der Waals surface area contributed by atoms with Gasteiger partial charge in [-0.1, -0.05) is 0 Å². The Balaban J connectivity index is 3.89. The second-order valence-electron chi connectivity index (χ2n) is 4.22. The minimum absolute atomic E-state index is 0.0194. The highest BCUT2D eigenvalue weighted by Crippen LogP contribution is 2.03. The van der Waals surface area contributed by atoms with Gasteiger partial charge in [0.25, 0.3) is 0 Å². The number of aliphatic hydroxyl groups excluding tert-OH is 1. The van der Waals surface area contributed by atoms with Gasteiger partial charge in [-0.2, -0.15) is 0 Å². The third kappa shape index (κ3) is 8.88. The smallest absolute Gasteiger partial charge is 0.319 e. The maximum absolute atomic E-state index is 11.5. The molecule has 0 aromatic carbocycles.